The van der Waals surface area contributed by atoms with Crippen molar-refractivity contribution in [1.29, 1.82) is 0 Å². The third-order valence-corrected chi connectivity index (χ3v) is 3.85. The van der Waals surface area contributed by atoms with Gasteiger partial charge in [0.2, 0.25) is 0 Å². The molecular weight excluding hydrogens is 288 g/mol. The number of nitrogens with one attached hydrogen (secondary N) is 1. The first-order valence-electron chi connectivity index (χ1n) is 7.76. The number of aryl methyl sites for hydroxylation is 3. The summed E-state index contributed by atoms with van der Waals surface area (Å²) in [4.78, 5) is 21.1. The number of pyridine rings is 1. The third kappa shape index (κ3) is 3.39. The predicted octanol–water partition coefficient (Wildman–Crippen LogP) is 2.87. The average molecular weight is 308 g/mol. The maximum Gasteiger partial charge on any atom is 0.252 e. The second kappa shape index (κ2) is 6.60. The standard InChI is InChI=1S/C18H20N4O/c1-13-5-3-6-15-16(11-14(2)21-17(13)15)18(23)20-7-4-9-22-10-8-19-12-22/h3,5-6,8,10-12H,4,7,9H2,1-2H3,(H,20,23). The molecule has 0 saturated carbocycles. The molecule has 118 valence electrons. The van der Waals surface area contributed by atoms with Crippen LogP contribution in [-0.4, -0.2) is 27.0 Å². The first-order valence-corrected chi connectivity index (χ1v) is 7.76. The molecule has 0 saturated heterocycles. The van der Waals surface area contributed by atoms with Gasteiger partial charge in [-0.2, -0.15) is 0 Å². The summed E-state index contributed by atoms with van der Waals surface area (Å²) in [5, 5.41) is 3.91. The van der Waals surface area contributed by atoms with Crippen molar-refractivity contribution in [1.82, 2.24) is 19.9 Å². The summed E-state index contributed by atoms with van der Waals surface area (Å²) < 4.78 is 2.00. The number of amides is 1. The van der Waals surface area contributed by atoms with Gasteiger partial charge < -0.3 is 9.88 Å². The molecule has 0 bridgehead atoms. The summed E-state index contributed by atoms with van der Waals surface area (Å²) in [6, 6.07) is 7.79. The Morgan fingerprint density at radius 3 is 2.96 bits per heavy atom. The van der Waals surface area contributed by atoms with Crippen molar-refractivity contribution >= 4 is 16.8 Å². The topological polar surface area (TPSA) is 59.8 Å². The molecule has 2 heterocycles. The highest BCUT2D eigenvalue weighted by molar-refractivity contribution is 6.06. The van der Waals surface area contributed by atoms with E-state index < -0.39 is 0 Å². The minimum Gasteiger partial charge on any atom is -0.352 e. The van der Waals surface area contributed by atoms with Crippen LogP contribution < -0.4 is 5.32 Å². The Balaban J connectivity index is 1.72. The first-order chi connectivity index (χ1) is 11.1. The Labute approximate surface area is 135 Å². The molecule has 23 heavy (non-hydrogen) atoms. The molecule has 0 radical (unpaired) electrons. The summed E-state index contributed by atoms with van der Waals surface area (Å²) in [5.74, 6) is -0.0447. The number of rotatable bonds is 5. The van der Waals surface area contributed by atoms with E-state index >= 15 is 0 Å². The number of carbonyl (C=O) groups excluding carboxylic acids is 1. The summed E-state index contributed by atoms with van der Waals surface area (Å²) in [6.07, 6.45) is 6.32. The second-order valence-electron chi connectivity index (χ2n) is 5.69. The van der Waals surface area contributed by atoms with Gasteiger partial charge in [-0.25, -0.2) is 4.98 Å². The molecule has 0 spiro atoms. The third-order valence-electron chi connectivity index (χ3n) is 3.85. The van der Waals surface area contributed by atoms with E-state index in [1.807, 2.05) is 48.9 Å². The van der Waals surface area contributed by atoms with Crippen molar-refractivity contribution in [3.8, 4) is 0 Å². The number of hydrogen-bond donors (Lipinski definition) is 1. The van der Waals surface area contributed by atoms with Crippen LogP contribution in [0.2, 0.25) is 0 Å². The molecule has 5 nitrogen and oxygen atoms in total. The molecule has 1 aromatic carbocycles. The number of carbonyl (C=O) groups is 1. The lowest BCUT2D eigenvalue weighted by atomic mass is 10.0. The highest BCUT2D eigenvalue weighted by Crippen LogP contribution is 2.21. The lowest BCUT2D eigenvalue weighted by Gasteiger charge is -2.10. The van der Waals surface area contributed by atoms with Gasteiger partial charge in [-0.1, -0.05) is 18.2 Å². The highest BCUT2D eigenvalue weighted by atomic mass is 16.1. The van der Waals surface area contributed by atoms with Crippen LogP contribution >= 0.6 is 0 Å². The fourth-order valence-electron chi connectivity index (χ4n) is 2.69. The number of benzene rings is 1. The summed E-state index contributed by atoms with van der Waals surface area (Å²) in [6.45, 7) is 5.41. The van der Waals surface area contributed by atoms with Crippen LogP contribution in [0, 0.1) is 13.8 Å². The maximum atomic E-state index is 12.5. The molecule has 0 unspecified atom stereocenters. The minimum absolute atomic E-state index is 0.0447. The van der Waals surface area contributed by atoms with E-state index in [0.29, 0.717) is 12.1 Å². The van der Waals surface area contributed by atoms with Gasteiger partial charge in [-0.05, 0) is 31.9 Å². The number of aromatic nitrogens is 3. The number of fused-ring (bicyclic) bond motifs is 1. The van der Waals surface area contributed by atoms with E-state index in [1.165, 1.54) is 0 Å². The molecule has 5 heteroatoms. The predicted molar refractivity (Wildman–Crippen MR) is 90.4 cm³/mol. The van der Waals surface area contributed by atoms with Crippen LogP contribution in [0.1, 0.15) is 28.0 Å². The first kappa shape index (κ1) is 15.2. The molecule has 3 aromatic rings. The summed E-state index contributed by atoms with van der Waals surface area (Å²) >= 11 is 0. The van der Waals surface area contributed by atoms with Gasteiger partial charge >= 0.3 is 0 Å². The Morgan fingerprint density at radius 2 is 2.17 bits per heavy atom. The normalized spacial score (nSPS) is 10.9. The summed E-state index contributed by atoms with van der Waals surface area (Å²) in [7, 11) is 0. The fourth-order valence-corrected chi connectivity index (χ4v) is 2.69. The highest BCUT2D eigenvalue weighted by Gasteiger charge is 2.12. The zero-order valence-corrected chi connectivity index (χ0v) is 13.4. The molecule has 0 atom stereocenters. The van der Waals surface area contributed by atoms with Gasteiger partial charge in [0.25, 0.3) is 5.91 Å². The molecule has 1 amide bonds. The molecule has 0 aliphatic heterocycles. The van der Waals surface area contributed by atoms with Gasteiger partial charge in [0.1, 0.15) is 0 Å². The number of nitrogens with zero attached hydrogens (tertiary/aromatic N) is 3. The van der Waals surface area contributed by atoms with E-state index in [0.717, 1.165) is 35.1 Å². The van der Waals surface area contributed by atoms with Crippen LogP contribution in [0.5, 0.6) is 0 Å². The Kier molecular flexibility index (Phi) is 4.37. The molecule has 1 N–H and O–H groups in total. The zero-order valence-electron chi connectivity index (χ0n) is 13.4. The lowest BCUT2D eigenvalue weighted by molar-refractivity contribution is 0.0954. The molecule has 3 rings (SSSR count). The van der Waals surface area contributed by atoms with E-state index in [2.05, 4.69) is 15.3 Å². The van der Waals surface area contributed by atoms with Crippen LogP contribution in [-0.2, 0) is 6.54 Å². The smallest absolute Gasteiger partial charge is 0.252 e. The van der Waals surface area contributed by atoms with Crippen LogP contribution in [0.15, 0.2) is 43.0 Å². The van der Waals surface area contributed by atoms with E-state index in [9.17, 15) is 4.79 Å². The number of imidazole rings is 1. The molecule has 0 fully saturated rings. The van der Waals surface area contributed by atoms with E-state index in [1.54, 1.807) is 12.5 Å². The number of hydrogen-bond acceptors (Lipinski definition) is 3. The monoisotopic (exact) mass is 308 g/mol. The van der Waals surface area contributed by atoms with Crippen molar-refractivity contribution in [3.05, 3.63) is 59.8 Å². The minimum atomic E-state index is -0.0447. The zero-order chi connectivity index (χ0) is 16.2. The largest absolute Gasteiger partial charge is 0.352 e. The van der Waals surface area contributed by atoms with Gasteiger partial charge in [0, 0.05) is 36.6 Å². The van der Waals surface area contributed by atoms with E-state index in [-0.39, 0.29) is 5.91 Å². The van der Waals surface area contributed by atoms with Gasteiger partial charge in [0.05, 0.1) is 17.4 Å². The Bertz CT molecular complexity index is 824. The number of para-hydroxylation sites is 1. The molecule has 0 aliphatic rings. The molecule has 2 aromatic heterocycles. The van der Waals surface area contributed by atoms with Gasteiger partial charge in [-0.3, -0.25) is 9.78 Å². The average Bonchev–Trinajstić information content (AvgIpc) is 3.05. The van der Waals surface area contributed by atoms with Crippen molar-refractivity contribution in [2.24, 2.45) is 0 Å². The maximum absolute atomic E-state index is 12.5. The molecular formula is C18H20N4O. The Hall–Kier alpha value is -2.69. The fraction of sp³-hybridized carbons (Fsp3) is 0.278. The van der Waals surface area contributed by atoms with Crippen LogP contribution in [0.3, 0.4) is 0 Å². The van der Waals surface area contributed by atoms with Crippen molar-refractivity contribution < 1.29 is 4.79 Å². The van der Waals surface area contributed by atoms with Gasteiger partial charge in [0.15, 0.2) is 0 Å². The Morgan fingerprint density at radius 1 is 1.30 bits per heavy atom. The van der Waals surface area contributed by atoms with Crippen LogP contribution in [0.25, 0.3) is 10.9 Å². The quantitative estimate of drug-likeness (QED) is 0.737. The van der Waals surface area contributed by atoms with Crippen molar-refractivity contribution in [3.63, 3.8) is 0 Å². The van der Waals surface area contributed by atoms with Crippen molar-refractivity contribution in [2.75, 3.05) is 6.54 Å². The van der Waals surface area contributed by atoms with Crippen LogP contribution in [0.4, 0.5) is 0 Å². The molecule has 0 aliphatic carbocycles. The SMILES string of the molecule is Cc1cc(C(=O)NCCCn2ccnc2)c2cccc(C)c2n1. The van der Waals surface area contributed by atoms with Crippen molar-refractivity contribution in [2.45, 2.75) is 26.8 Å². The summed E-state index contributed by atoms with van der Waals surface area (Å²) in [5.41, 5.74) is 3.53. The van der Waals surface area contributed by atoms with Gasteiger partial charge in [-0.15, -0.1) is 0 Å². The second-order valence-corrected chi connectivity index (χ2v) is 5.69. The van der Waals surface area contributed by atoms with E-state index in [4.69, 9.17) is 0 Å². The lowest BCUT2D eigenvalue weighted by Crippen LogP contribution is -2.25.